The number of hydroxylamine groups is 2. The number of amides is 2. The van der Waals surface area contributed by atoms with Crippen LogP contribution in [0.4, 0.5) is 4.79 Å². The van der Waals surface area contributed by atoms with Crippen molar-refractivity contribution in [2.24, 2.45) is 10.9 Å². The molecule has 1 aliphatic rings. The standard InChI is InChI=1S/C21H31N5O6.ClH/c1-3-4-9-31-21(30)25-17(20(28)29)13-23-19(27)11-16-10-18(26(2)32-16)15-7-5-14(6-8-15)12-24-22;/h5-8,12,16-18H,3-4,9-11,13,22H2,1-2H3,(H,23,27)(H,25,30)(H,28,29);1H/t16-,17-,18+;/m0./s1. The first-order valence-electron chi connectivity index (χ1n) is 10.5. The number of carboxylic acid groups (broad SMARTS) is 1. The summed E-state index contributed by atoms with van der Waals surface area (Å²) in [5, 5.41) is 19.3. The Hall–Kier alpha value is -2.89. The minimum Gasteiger partial charge on any atom is -0.480 e. The van der Waals surface area contributed by atoms with Gasteiger partial charge >= 0.3 is 12.1 Å². The lowest BCUT2D eigenvalue weighted by Gasteiger charge is -2.18. The van der Waals surface area contributed by atoms with Crippen LogP contribution in [0.5, 0.6) is 0 Å². The second kappa shape index (κ2) is 14.3. The van der Waals surface area contributed by atoms with E-state index in [-0.39, 0.29) is 50.0 Å². The number of nitrogens with two attached hydrogens (primary N) is 1. The van der Waals surface area contributed by atoms with E-state index < -0.39 is 18.1 Å². The quantitative estimate of drug-likeness (QED) is 0.159. The van der Waals surface area contributed by atoms with E-state index in [9.17, 15) is 19.5 Å². The van der Waals surface area contributed by atoms with Crippen molar-refractivity contribution in [2.45, 2.75) is 50.8 Å². The lowest BCUT2D eigenvalue weighted by atomic mass is 9.99. The Bertz CT molecular complexity index is 807. The van der Waals surface area contributed by atoms with Gasteiger partial charge < -0.3 is 26.3 Å². The molecule has 12 heteroatoms. The average molecular weight is 486 g/mol. The van der Waals surface area contributed by atoms with Crippen molar-refractivity contribution < 1.29 is 29.1 Å². The summed E-state index contributed by atoms with van der Waals surface area (Å²) in [7, 11) is 1.80. The molecule has 1 aliphatic heterocycles. The van der Waals surface area contributed by atoms with Crippen LogP contribution in [-0.2, 0) is 19.2 Å². The molecule has 0 saturated carbocycles. The molecule has 2 rings (SSSR count). The molecule has 3 atom stereocenters. The number of rotatable bonds is 11. The maximum absolute atomic E-state index is 12.3. The molecule has 1 heterocycles. The third-order valence-electron chi connectivity index (χ3n) is 5.02. The smallest absolute Gasteiger partial charge is 0.407 e. The Morgan fingerprint density at radius 3 is 2.67 bits per heavy atom. The van der Waals surface area contributed by atoms with Crippen molar-refractivity contribution in [1.29, 1.82) is 0 Å². The number of alkyl carbamates (subject to hydrolysis) is 1. The number of benzene rings is 1. The van der Waals surface area contributed by atoms with Crippen molar-refractivity contribution >= 4 is 36.6 Å². The topological polar surface area (TPSA) is 156 Å². The zero-order valence-electron chi connectivity index (χ0n) is 18.7. The van der Waals surface area contributed by atoms with E-state index in [0.717, 1.165) is 17.5 Å². The Kier molecular flexibility index (Phi) is 12.2. The second-order valence-corrected chi connectivity index (χ2v) is 7.50. The van der Waals surface area contributed by atoms with Gasteiger partial charge in [-0.1, -0.05) is 37.6 Å². The number of unbranched alkanes of at least 4 members (excludes halogenated alkanes) is 1. The van der Waals surface area contributed by atoms with Gasteiger partial charge in [0.2, 0.25) is 5.91 Å². The Morgan fingerprint density at radius 1 is 1.36 bits per heavy atom. The lowest BCUT2D eigenvalue weighted by Crippen LogP contribution is -2.48. The third kappa shape index (κ3) is 9.24. The van der Waals surface area contributed by atoms with Crippen LogP contribution in [0.2, 0.25) is 0 Å². The predicted molar refractivity (Wildman–Crippen MR) is 124 cm³/mol. The van der Waals surface area contributed by atoms with Gasteiger partial charge in [-0.2, -0.15) is 10.2 Å². The zero-order chi connectivity index (χ0) is 23.5. The molecule has 5 N–H and O–H groups in total. The van der Waals surface area contributed by atoms with Gasteiger partial charge in [0.15, 0.2) is 0 Å². The van der Waals surface area contributed by atoms with Crippen LogP contribution in [0.3, 0.4) is 0 Å². The predicted octanol–water partition coefficient (Wildman–Crippen LogP) is 1.56. The van der Waals surface area contributed by atoms with Crippen molar-refractivity contribution in [3.8, 4) is 0 Å². The monoisotopic (exact) mass is 485 g/mol. The van der Waals surface area contributed by atoms with E-state index in [1.54, 1.807) is 18.3 Å². The Labute approximate surface area is 199 Å². The number of carbonyl (C=O) groups is 3. The number of nitrogens with one attached hydrogen (secondary N) is 2. The van der Waals surface area contributed by atoms with Gasteiger partial charge in [0.1, 0.15) is 6.04 Å². The highest BCUT2D eigenvalue weighted by Crippen LogP contribution is 2.33. The maximum Gasteiger partial charge on any atom is 0.407 e. The SMILES string of the molecule is CCCCOC(=O)N[C@@H](CNC(=O)C[C@@H]1C[C@H](c2ccc(C=NN)cc2)N(C)O1)C(=O)O.Cl. The molecule has 1 aromatic carbocycles. The van der Waals surface area contributed by atoms with Gasteiger partial charge in [-0.3, -0.25) is 9.63 Å². The van der Waals surface area contributed by atoms with Gasteiger partial charge in [0, 0.05) is 13.6 Å². The van der Waals surface area contributed by atoms with Gasteiger partial charge in [-0.05, 0) is 24.0 Å². The molecular weight excluding hydrogens is 454 g/mol. The van der Waals surface area contributed by atoms with Crippen LogP contribution in [0.25, 0.3) is 0 Å². The van der Waals surface area contributed by atoms with Crippen molar-refractivity contribution in [3.63, 3.8) is 0 Å². The molecular formula is C21H32ClN5O6. The summed E-state index contributed by atoms with van der Waals surface area (Å²) in [6.45, 7) is 1.89. The van der Waals surface area contributed by atoms with Crippen LogP contribution in [0.15, 0.2) is 29.4 Å². The molecule has 0 aromatic heterocycles. The summed E-state index contributed by atoms with van der Waals surface area (Å²) >= 11 is 0. The molecule has 0 radical (unpaired) electrons. The van der Waals surface area contributed by atoms with Crippen molar-refractivity contribution in [1.82, 2.24) is 15.7 Å². The Balaban J connectivity index is 0.00000544. The molecule has 184 valence electrons. The summed E-state index contributed by atoms with van der Waals surface area (Å²) in [6, 6.07) is 6.38. The molecule has 0 bridgehead atoms. The average Bonchev–Trinajstić information content (AvgIpc) is 3.11. The van der Waals surface area contributed by atoms with Crippen LogP contribution in [-0.4, -0.2) is 66.7 Å². The highest BCUT2D eigenvalue weighted by molar-refractivity contribution is 5.85. The molecule has 2 amide bonds. The number of nitrogens with zero attached hydrogens (tertiary/aromatic N) is 2. The summed E-state index contributed by atoms with van der Waals surface area (Å²) in [4.78, 5) is 41.1. The lowest BCUT2D eigenvalue weighted by molar-refractivity contribution is -0.152. The van der Waals surface area contributed by atoms with E-state index in [1.807, 2.05) is 31.2 Å². The number of aliphatic carboxylic acids is 1. The molecule has 0 unspecified atom stereocenters. The van der Waals surface area contributed by atoms with Crippen LogP contribution >= 0.6 is 12.4 Å². The second-order valence-electron chi connectivity index (χ2n) is 7.50. The Morgan fingerprint density at radius 2 is 2.06 bits per heavy atom. The number of hydrazone groups is 1. The normalized spacial score (nSPS) is 19.0. The molecule has 1 fully saturated rings. The number of hydrogen-bond donors (Lipinski definition) is 4. The highest BCUT2D eigenvalue weighted by atomic mass is 35.5. The molecule has 0 aliphatic carbocycles. The van der Waals surface area contributed by atoms with Gasteiger partial charge in [-0.15, -0.1) is 12.4 Å². The number of halogens is 1. The first-order valence-corrected chi connectivity index (χ1v) is 10.5. The molecule has 1 aromatic rings. The zero-order valence-corrected chi connectivity index (χ0v) is 19.5. The first-order chi connectivity index (χ1) is 15.3. The third-order valence-corrected chi connectivity index (χ3v) is 5.02. The number of hydrogen-bond acceptors (Lipinski definition) is 8. The summed E-state index contributed by atoms with van der Waals surface area (Å²) in [6.07, 6.45) is 2.56. The fourth-order valence-electron chi connectivity index (χ4n) is 3.29. The molecule has 1 saturated heterocycles. The van der Waals surface area contributed by atoms with Gasteiger partial charge in [0.25, 0.3) is 0 Å². The van der Waals surface area contributed by atoms with Crippen molar-refractivity contribution in [2.75, 3.05) is 20.2 Å². The van der Waals surface area contributed by atoms with E-state index in [0.29, 0.717) is 12.8 Å². The van der Waals surface area contributed by atoms with Gasteiger partial charge in [-0.25, -0.2) is 9.59 Å². The largest absolute Gasteiger partial charge is 0.480 e. The fraction of sp³-hybridized carbons (Fsp3) is 0.524. The number of ether oxygens (including phenoxy) is 1. The highest BCUT2D eigenvalue weighted by Gasteiger charge is 2.33. The molecule has 0 spiro atoms. The first kappa shape index (κ1) is 28.1. The number of carbonyl (C=O) groups excluding carboxylic acids is 2. The summed E-state index contributed by atoms with van der Waals surface area (Å²) in [5.74, 6) is 3.52. The van der Waals surface area contributed by atoms with Crippen LogP contribution in [0, 0.1) is 0 Å². The minimum absolute atomic E-state index is 0. The van der Waals surface area contributed by atoms with E-state index in [2.05, 4.69) is 15.7 Å². The number of carboxylic acids is 1. The summed E-state index contributed by atoms with van der Waals surface area (Å²) in [5.41, 5.74) is 1.91. The van der Waals surface area contributed by atoms with Crippen molar-refractivity contribution in [3.05, 3.63) is 35.4 Å². The molecule has 11 nitrogen and oxygen atoms in total. The van der Waals surface area contributed by atoms with E-state index >= 15 is 0 Å². The van der Waals surface area contributed by atoms with Gasteiger partial charge in [0.05, 0.1) is 31.4 Å². The molecule has 33 heavy (non-hydrogen) atoms. The van der Waals surface area contributed by atoms with Crippen LogP contribution in [0.1, 0.15) is 49.8 Å². The fourth-order valence-corrected chi connectivity index (χ4v) is 3.29. The minimum atomic E-state index is -1.29. The maximum atomic E-state index is 12.3. The summed E-state index contributed by atoms with van der Waals surface area (Å²) < 4.78 is 4.90. The van der Waals surface area contributed by atoms with Crippen LogP contribution < -0.4 is 16.5 Å². The van der Waals surface area contributed by atoms with E-state index in [1.165, 1.54) is 0 Å². The van der Waals surface area contributed by atoms with E-state index in [4.69, 9.17) is 15.4 Å².